The molecule has 2 heterocycles. The monoisotopic (exact) mass is 464 g/mol. The van der Waals surface area contributed by atoms with Gasteiger partial charge in [0.1, 0.15) is 5.69 Å². The van der Waals surface area contributed by atoms with E-state index < -0.39 is 0 Å². The minimum absolute atomic E-state index is 0.178. The summed E-state index contributed by atoms with van der Waals surface area (Å²) >= 11 is 7.94. The van der Waals surface area contributed by atoms with Crippen molar-refractivity contribution in [3.8, 4) is 28.8 Å². The van der Waals surface area contributed by atoms with Crippen LogP contribution in [0.5, 0.6) is 0 Å². The molecule has 4 aromatic rings. The molecule has 4 rings (SSSR count). The first-order valence-corrected chi connectivity index (χ1v) is 11.5. The third-order valence-electron chi connectivity index (χ3n) is 5.16. The molecule has 0 fully saturated rings. The van der Waals surface area contributed by atoms with Crippen molar-refractivity contribution in [3.63, 3.8) is 0 Å². The lowest BCUT2D eigenvalue weighted by Gasteiger charge is -2.10. The van der Waals surface area contributed by atoms with Crippen LogP contribution in [0, 0.1) is 18.3 Å². The molecule has 0 aliphatic carbocycles. The van der Waals surface area contributed by atoms with Gasteiger partial charge in [0.25, 0.3) is 5.56 Å². The maximum atomic E-state index is 13.7. The second-order valence-corrected chi connectivity index (χ2v) is 8.61. The standard InChI is InChI=1S/C23H21ClN6OS/c1-16-20(22(31)30(28(16)2)17-10-4-3-5-11-17)29-21(18-12-6-7-13-19(18)24)26-27-23(29)32-15-9-8-14-25/h3-7,10-13H,8-9,15H2,1-2H3. The van der Waals surface area contributed by atoms with Gasteiger partial charge in [-0.05, 0) is 37.6 Å². The molecule has 2 aromatic carbocycles. The Morgan fingerprint density at radius 3 is 2.53 bits per heavy atom. The third-order valence-corrected chi connectivity index (χ3v) is 6.50. The van der Waals surface area contributed by atoms with E-state index in [9.17, 15) is 4.79 Å². The highest BCUT2D eigenvalue weighted by Crippen LogP contribution is 2.32. The first-order valence-electron chi connectivity index (χ1n) is 10.1. The molecule has 0 N–H and O–H groups in total. The van der Waals surface area contributed by atoms with E-state index in [1.54, 1.807) is 15.3 Å². The molecule has 9 heteroatoms. The van der Waals surface area contributed by atoms with Crippen molar-refractivity contribution in [1.82, 2.24) is 24.1 Å². The van der Waals surface area contributed by atoms with Gasteiger partial charge in [-0.15, -0.1) is 10.2 Å². The van der Waals surface area contributed by atoms with E-state index in [0.29, 0.717) is 39.4 Å². The summed E-state index contributed by atoms with van der Waals surface area (Å²) in [4.78, 5) is 13.7. The zero-order chi connectivity index (χ0) is 22.7. The minimum atomic E-state index is -0.178. The van der Waals surface area contributed by atoms with Crippen molar-refractivity contribution in [2.24, 2.45) is 7.05 Å². The van der Waals surface area contributed by atoms with Gasteiger partial charge in [0.2, 0.25) is 0 Å². The first kappa shape index (κ1) is 21.9. The summed E-state index contributed by atoms with van der Waals surface area (Å²) in [6.07, 6.45) is 1.18. The quantitative estimate of drug-likeness (QED) is 0.290. The average molecular weight is 465 g/mol. The van der Waals surface area contributed by atoms with Crippen LogP contribution in [-0.2, 0) is 7.05 Å². The van der Waals surface area contributed by atoms with Crippen LogP contribution in [0.1, 0.15) is 18.5 Å². The van der Waals surface area contributed by atoms with E-state index in [1.807, 2.05) is 67.2 Å². The van der Waals surface area contributed by atoms with E-state index in [0.717, 1.165) is 17.8 Å². The minimum Gasteiger partial charge on any atom is -0.283 e. The summed E-state index contributed by atoms with van der Waals surface area (Å²) in [5.41, 5.74) is 2.53. The normalized spacial score (nSPS) is 10.9. The van der Waals surface area contributed by atoms with Crippen molar-refractivity contribution >= 4 is 23.4 Å². The summed E-state index contributed by atoms with van der Waals surface area (Å²) in [5, 5.41) is 18.7. The number of thioether (sulfide) groups is 1. The Morgan fingerprint density at radius 2 is 1.81 bits per heavy atom. The number of aromatic nitrogens is 5. The molecule has 0 saturated carbocycles. The first-order chi connectivity index (χ1) is 15.5. The maximum Gasteiger partial charge on any atom is 0.296 e. The van der Waals surface area contributed by atoms with Crippen LogP contribution in [-0.4, -0.2) is 29.9 Å². The van der Waals surface area contributed by atoms with Crippen LogP contribution in [0.4, 0.5) is 0 Å². The molecule has 0 aliphatic rings. The zero-order valence-corrected chi connectivity index (χ0v) is 19.3. The van der Waals surface area contributed by atoms with Gasteiger partial charge in [-0.2, -0.15) is 5.26 Å². The highest BCUT2D eigenvalue weighted by atomic mass is 35.5. The Bertz CT molecular complexity index is 1350. The molecule has 0 saturated heterocycles. The third kappa shape index (κ3) is 3.97. The number of unbranched alkanes of at least 4 members (excludes halogenated alkanes) is 1. The molecule has 0 amide bonds. The van der Waals surface area contributed by atoms with Crippen molar-refractivity contribution in [2.45, 2.75) is 24.9 Å². The lowest BCUT2D eigenvalue weighted by molar-refractivity contribution is 0.630. The summed E-state index contributed by atoms with van der Waals surface area (Å²) in [7, 11) is 1.85. The van der Waals surface area contributed by atoms with Crippen LogP contribution in [0.15, 0.2) is 64.5 Å². The largest absolute Gasteiger partial charge is 0.296 e. The van der Waals surface area contributed by atoms with E-state index >= 15 is 0 Å². The highest BCUT2D eigenvalue weighted by Gasteiger charge is 2.25. The molecule has 0 atom stereocenters. The van der Waals surface area contributed by atoms with Crippen LogP contribution in [0.25, 0.3) is 22.8 Å². The molecular formula is C23H21ClN6OS. The molecule has 0 aliphatic heterocycles. The van der Waals surface area contributed by atoms with Crippen molar-refractivity contribution in [2.75, 3.05) is 5.75 Å². The molecule has 32 heavy (non-hydrogen) atoms. The average Bonchev–Trinajstić information content (AvgIpc) is 3.30. The van der Waals surface area contributed by atoms with Gasteiger partial charge in [0, 0.05) is 24.8 Å². The predicted molar refractivity (Wildman–Crippen MR) is 127 cm³/mol. The number of nitrogens with zero attached hydrogens (tertiary/aromatic N) is 6. The molecule has 0 radical (unpaired) electrons. The topological polar surface area (TPSA) is 81.4 Å². The highest BCUT2D eigenvalue weighted by molar-refractivity contribution is 7.99. The zero-order valence-electron chi connectivity index (χ0n) is 17.7. The number of benzene rings is 2. The van der Waals surface area contributed by atoms with E-state index in [2.05, 4.69) is 16.3 Å². The van der Waals surface area contributed by atoms with Crippen molar-refractivity contribution in [3.05, 3.63) is 75.7 Å². The molecule has 0 unspecified atom stereocenters. The van der Waals surface area contributed by atoms with Crippen LogP contribution >= 0.6 is 23.4 Å². The second-order valence-electron chi connectivity index (χ2n) is 7.14. The smallest absolute Gasteiger partial charge is 0.283 e. The van der Waals surface area contributed by atoms with E-state index in [-0.39, 0.29) is 5.56 Å². The Kier molecular flexibility index (Phi) is 6.49. The van der Waals surface area contributed by atoms with Gasteiger partial charge in [-0.3, -0.25) is 14.0 Å². The number of para-hydroxylation sites is 1. The number of hydrogen-bond donors (Lipinski definition) is 0. The van der Waals surface area contributed by atoms with Crippen LogP contribution in [0.3, 0.4) is 0 Å². The Hall–Kier alpha value is -3.28. The number of halogens is 1. The number of rotatable bonds is 7. The number of nitriles is 1. The maximum absolute atomic E-state index is 13.7. The SMILES string of the molecule is Cc1c(-n2c(SCCCC#N)nnc2-c2ccccc2Cl)c(=O)n(-c2ccccc2)n1C. The summed E-state index contributed by atoms with van der Waals surface area (Å²) in [6, 6.07) is 19.0. The second kappa shape index (κ2) is 9.47. The van der Waals surface area contributed by atoms with Crippen LogP contribution in [0.2, 0.25) is 5.02 Å². The Morgan fingerprint density at radius 1 is 1.09 bits per heavy atom. The lowest BCUT2D eigenvalue weighted by Crippen LogP contribution is -2.21. The van der Waals surface area contributed by atoms with Crippen LogP contribution < -0.4 is 5.56 Å². The van der Waals surface area contributed by atoms with Gasteiger partial charge >= 0.3 is 0 Å². The van der Waals surface area contributed by atoms with Gasteiger partial charge in [0.15, 0.2) is 11.0 Å². The summed E-state index contributed by atoms with van der Waals surface area (Å²) in [5.74, 6) is 1.19. The summed E-state index contributed by atoms with van der Waals surface area (Å²) < 4.78 is 5.24. The Balaban J connectivity index is 1.93. The van der Waals surface area contributed by atoms with Crippen molar-refractivity contribution < 1.29 is 0 Å². The predicted octanol–water partition coefficient (Wildman–Crippen LogP) is 4.78. The van der Waals surface area contributed by atoms with Crippen molar-refractivity contribution in [1.29, 1.82) is 5.26 Å². The van der Waals surface area contributed by atoms with Gasteiger partial charge in [-0.1, -0.05) is 53.7 Å². The van der Waals surface area contributed by atoms with Gasteiger partial charge in [0.05, 0.1) is 22.5 Å². The lowest BCUT2D eigenvalue weighted by atomic mass is 10.2. The fourth-order valence-corrected chi connectivity index (χ4v) is 4.61. The number of hydrogen-bond acceptors (Lipinski definition) is 5. The molecule has 7 nitrogen and oxygen atoms in total. The summed E-state index contributed by atoms with van der Waals surface area (Å²) in [6.45, 7) is 1.90. The molecule has 0 spiro atoms. The molecule has 0 bridgehead atoms. The van der Waals surface area contributed by atoms with Gasteiger partial charge < -0.3 is 0 Å². The fraction of sp³-hybridized carbons (Fsp3) is 0.217. The Labute approximate surface area is 194 Å². The molecule has 162 valence electrons. The van der Waals surface area contributed by atoms with Gasteiger partial charge in [-0.25, -0.2) is 4.68 Å². The van der Waals surface area contributed by atoms with E-state index in [1.165, 1.54) is 11.8 Å². The fourth-order valence-electron chi connectivity index (χ4n) is 3.51. The molecule has 2 aromatic heterocycles. The molecular weight excluding hydrogens is 444 g/mol. The van der Waals surface area contributed by atoms with E-state index in [4.69, 9.17) is 16.9 Å².